The Morgan fingerprint density at radius 3 is 2.52 bits per heavy atom. The van der Waals surface area contributed by atoms with E-state index in [9.17, 15) is 5.11 Å². The number of allylic oxidation sites excluding steroid dienone is 4. The summed E-state index contributed by atoms with van der Waals surface area (Å²) < 4.78 is 0. The van der Waals surface area contributed by atoms with Crippen molar-refractivity contribution in [2.75, 3.05) is 0 Å². The molecule has 1 nitrogen and oxygen atoms in total. The SMILES string of the molecule is C=C1CCCC/C1=C/CC1CCC[C@@]2(C)C1CC1C(=C)C(C)(CC(C)(C)O)CC(C)C12. The molecule has 4 rings (SSSR count). The van der Waals surface area contributed by atoms with Gasteiger partial charge in [-0.25, -0.2) is 0 Å². The molecular weight excluding hydrogens is 376 g/mol. The van der Waals surface area contributed by atoms with Crippen LogP contribution in [0.1, 0.15) is 105 Å². The summed E-state index contributed by atoms with van der Waals surface area (Å²) >= 11 is 0. The summed E-state index contributed by atoms with van der Waals surface area (Å²) in [6.07, 6.45) is 16.5. The minimum atomic E-state index is -0.628. The Balaban J connectivity index is 1.57. The molecule has 0 heterocycles. The minimum Gasteiger partial charge on any atom is -0.390 e. The first-order valence-corrected chi connectivity index (χ1v) is 13.2. The number of hydrogen-bond acceptors (Lipinski definition) is 1. The van der Waals surface area contributed by atoms with Gasteiger partial charge in [-0.15, -0.1) is 0 Å². The van der Waals surface area contributed by atoms with Crippen molar-refractivity contribution >= 4 is 0 Å². The Morgan fingerprint density at radius 2 is 1.84 bits per heavy atom. The van der Waals surface area contributed by atoms with Crippen molar-refractivity contribution in [2.24, 2.45) is 40.4 Å². The molecule has 7 atom stereocenters. The molecule has 0 aromatic carbocycles. The van der Waals surface area contributed by atoms with Crippen LogP contribution in [-0.2, 0) is 0 Å². The molecule has 4 aliphatic rings. The van der Waals surface area contributed by atoms with Crippen LogP contribution in [-0.4, -0.2) is 10.7 Å². The van der Waals surface area contributed by atoms with Gasteiger partial charge >= 0.3 is 0 Å². The third-order valence-corrected chi connectivity index (χ3v) is 10.1. The number of rotatable bonds is 4. The zero-order chi connectivity index (χ0) is 22.6. The molecule has 4 fully saturated rings. The van der Waals surface area contributed by atoms with Crippen LogP contribution >= 0.6 is 0 Å². The van der Waals surface area contributed by atoms with E-state index < -0.39 is 5.60 Å². The fourth-order valence-corrected chi connectivity index (χ4v) is 9.20. The first-order valence-electron chi connectivity index (χ1n) is 13.2. The van der Waals surface area contributed by atoms with E-state index in [2.05, 4.69) is 33.4 Å². The van der Waals surface area contributed by atoms with Crippen molar-refractivity contribution in [1.82, 2.24) is 0 Å². The Bertz CT molecular complexity index is 751. The average Bonchev–Trinajstić information content (AvgIpc) is 2.98. The van der Waals surface area contributed by atoms with Gasteiger partial charge in [0.05, 0.1) is 5.60 Å². The fraction of sp³-hybridized carbons (Fsp3) is 0.800. The maximum atomic E-state index is 10.6. The molecule has 0 amide bonds. The highest BCUT2D eigenvalue weighted by Gasteiger charge is 2.61. The zero-order valence-electron chi connectivity index (χ0n) is 21.1. The van der Waals surface area contributed by atoms with Gasteiger partial charge in [0.25, 0.3) is 0 Å². The summed E-state index contributed by atoms with van der Waals surface area (Å²) in [7, 11) is 0. The molecule has 4 saturated carbocycles. The molecule has 4 aliphatic carbocycles. The summed E-state index contributed by atoms with van der Waals surface area (Å²) in [5.74, 6) is 3.79. The molecule has 1 heteroatoms. The first kappa shape index (κ1) is 23.3. The lowest BCUT2D eigenvalue weighted by Gasteiger charge is -2.53. The molecule has 31 heavy (non-hydrogen) atoms. The maximum absolute atomic E-state index is 10.6. The zero-order valence-corrected chi connectivity index (χ0v) is 21.1. The molecule has 6 unspecified atom stereocenters. The molecular formula is C30H48O. The second kappa shape index (κ2) is 8.19. The van der Waals surface area contributed by atoms with E-state index >= 15 is 0 Å². The summed E-state index contributed by atoms with van der Waals surface area (Å²) in [5.41, 5.74) is 4.36. The number of hydrogen-bond donors (Lipinski definition) is 1. The molecule has 174 valence electrons. The van der Waals surface area contributed by atoms with Crippen LogP contribution in [0.2, 0.25) is 0 Å². The highest BCUT2D eigenvalue weighted by Crippen LogP contribution is 2.68. The van der Waals surface area contributed by atoms with Crippen molar-refractivity contribution in [1.29, 1.82) is 0 Å². The van der Waals surface area contributed by atoms with Gasteiger partial charge in [-0.1, -0.05) is 57.6 Å². The first-order chi connectivity index (χ1) is 14.4. The van der Waals surface area contributed by atoms with E-state index in [0.29, 0.717) is 17.3 Å². The third-order valence-electron chi connectivity index (χ3n) is 10.1. The normalized spacial score (nSPS) is 45.0. The molecule has 0 saturated heterocycles. The van der Waals surface area contributed by atoms with Crippen LogP contribution in [0.3, 0.4) is 0 Å². The topological polar surface area (TPSA) is 20.2 Å². The van der Waals surface area contributed by atoms with Gasteiger partial charge in [-0.2, -0.15) is 0 Å². The highest BCUT2D eigenvalue weighted by molar-refractivity contribution is 5.30. The van der Waals surface area contributed by atoms with Gasteiger partial charge in [0.15, 0.2) is 0 Å². The van der Waals surface area contributed by atoms with Crippen LogP contribution in [0, 0.1) is 40.4 Å². The molecule has 0 bridgehead atoms. The van der Waals surface area contributed by atoms with Crippen molar-refractivity contribution in [3.05, 3.63) is 36.0 Å². The number of aliphatic hydroxyl groups is 1. The Kier molecular flexibility index (Phi) is 6.17. The Hall–Kier alpha value is -0.820. The quantitative estimate of drug-likeness (QED) is 0.450. The summed E-state index contributed by atoms with van der Waals surface area (Å²) in [5, 5.41) is 10.6. The monoisotopic (exact) mass is 424 g/mol. The number of fused-ring (bicyclic) bond motifs is 3. The molecule has 1 N–H and O–H groups in total. The van der Waals surface area contributed by atoms with Crippen molar-refractivity contribution in [3.8, 4) is 0 Å². The van der Waals surface area contributed by atoms with Crippen LogP contribution in [0.15, 0.2) is 36.0 Å². The lowest BCUT2D eigenvalue weighted by Crippen LogP contribution is -2.46. The van der Waals surface area contributed by atoms with Crippen molar-refractivity contribution < 1.29 is 5.11 Å². The van der Waals surface area contributed by atoms with E-state index in [0.717, 1.165) is 24.2 Å². The molecule has 0 aromatic heterocycles. The van der Waals surface area contributed by atoms with Crippen molar-refractivity contribution in [2.45, 2.75) is 111 Å². The van der Waals surface area contributed by atoms with E-state index in [4.69, 9.17) is 6.58 Å². The van der Waals surface area contributed by atoms with Gasteiger partial charge in [-0.3, -0.25) is 0 Å². The van der Waals surface area contributed by atoms with Gasteiger partial charge in [0.2, 0.25) is 0 Å². The smallest absolute Gasteiger partial charge is 0.0600 e. The van der Waals surface area contributed by atoms with Crippen LogP contribution in [0.4, 0.5) is 0 Å². The maximum Gasteiger partial charge on any atom is 0.0600 e. The van der Waals surface area contributed by atoms with Gasteiger partial charge < -0.3 is 5.11 Å². The van der Waals surface area contributed by atoms with Crippen LogP contribution < -0.4 is 0 Å². The largest absolute Gasteiger partial charge is 0.390 e. The predicted molar refractivity (Wildman–Crippen MR) is 133 cm³/mol. The average molecular weight is 425 g/mol. The molecule has 0 aliphatic heterocycles. The standard InChI is InChI=1S/C30H48O/c1-20-11-8-9-12-23(20)14-15-24-13-10-16-30(7)26(24)17-25-22(3)29(6,19-28(4,5)31)18-21(2)27(25)30/h14,21,24-27,31H,1,3,8-13,15-19H2,2,4-7H3/b23-14-/t21?,24?,25?,26?,27?,29?,30-/m0/s1. The Morgan fingerprint density at radius 1 is 1.13 bits per heavy atom. The van der Waals surface area contributed by atoms with Gasteiger partial charge in [-0.05, 0) is 124 Å². The minimum absolute atomic E-state index is 0.0694. The van der Waals surface area contributed by atoms with E-state index in [1.54, 1.807) is 5.57 Å². The van der Waals surface area contributed by atoms with Crippen LogP contribution in [0.5, 0.6) is 0 Å². The van der Waals surface area contributed by atoms with E-state index in [-0.39, 0.29) is 5.41 Å². The molecule has 0 spiro atoms. The van der Waals surface area contributed by atoms with E-state index in [1.165, 1.54) is 75.4 Å². The Labute approximate surface area is 192 Å². The van der Waals surface area contributed by atoms with E-state index in [1.807, 2.05) is 13.8 Å². The lowest BCUT2D eigenvalue weighted by atomic mass is 9.52. The van der Waals surface area contributed by atoms with Crippen LogP contribution in [0.25, 0.3) is 0 Å². The molecule has 0 radical (unpaired) electrons. The summed E-state index contributed by atoms with van der Waals surface area (Å²) in [4.78, 5) is 0. The third kappa shape index (κ3) is 4.25. The molecule has 0 aromatic rings. The lowest BCUT2D eigenvalue weighted by molar-refractivity contribution is -0.0202. The second-order valence-electron chi connectivity index (χ2n) is 13.2. The predicted octanol–water partition coefficient (Wildman–Crippen LogP) is 8.26. The second-order valence-corrected chi connectivity index (χ2v) is 13.2. The van der Waals surface area contributed by atoms with Gasteiger partial charge in [0.1, 0.15) is 0 Å². The highest BCUT2D eigenvalue weighted by atomic mass is 16.3. The van der Waals surface area contributed by atoms with Crippen molar-refractivity contribution in [3.63, 3.8) is 0 Å². The summed E-state index contributed by atoms with van der Waals surface area (Å²) in [6, 6.07) is 0. The fourth-order valence-electron chi connectivity index (χ4n) is 9.20. The van der Waals surface area contributed by atoms with Gasteiger partial charge in [0, 0.05) is 0 Å². The summed E-state index contributed by atoms with van der Waals surface area (Å²) in [6.45, 7) is 20.6.